The molecule has 0 radical (unpaired) electrons. The highest BCUT2D eigenvalue weighted by molar-refractivity contribution is 5.55. The third kappa shape index (κ3) is 2.79. The Morgan fingerprint density at radius 2 is 2.22 bits per heavy atom. The van der Waals surface area contributed by atoms with Gasteiger partial charge in [0, 0.05) is 13.1 Å². The molecule has 0 spiro atoms. The molecule has 2 aromatic heterocycles. The number of nitrogens with two attached hydrogens (primary N) is 1. The number of rotatable bonds is 7. The van der Waals surface area contributed by atoms with Crippen molar-refractivity contribution in [2.45, 2.75) is 45.7 Å². The van der Waals surface area contributed by atoms with Crippen molar-refractivity contribution >= 4 is 0 Å². The van der Waals surface area contributed by atoms with E-state index in [2.05, 4.69) is 17.2 Å². The van der Waals surface area contributed by atoms with Gasteiger partial charge in [-0.1, -0.05) is 31.4 Å². The van der Waals surface area contributed by atoms with Gasteiger partial charge in [0.05, 0.1) is 6.26 Å². The minimum Gasteiger partial charge on any atom is -0.463 e. The Kier molecular flexibility index (Phi) is 4.52. The number of hydrogen-bond acceptors (Lipinski definition) is 4. The predicted octanol–water partition coefficient (Wildman–Crippen LogP) is 2.58. The Morgan fingerprint density at radius 3 is 2.89 bits per heavy atom. The molecule has 5 nitrogen and oxygen atoms in total. The van der Waals surface area contributed by atoms with Gasteiger partial charge in [-0.15, -0.1) is 5.10 Å². The lowest BCUT2D eigenvalue weighted by Gasteiger charge is -2.05. The summed E-state index contributed by atoms with van der Waals surface area (Å²) in [7, 11) is 0. The van der Waals surface area contributed by atoms with Gasteiger partial charge in [-0.2, -0.15) is 0 Å². The van der Waals surface area contributed by atoms with Gasteiger partial charge in [-0.05, 0) is 18.6 Å². The van der Waals surface area contributed by atoms with Crippen LogP contribution in [-0.2, 0) is 13.1 Å². The Bertz CT molecular complexity index is 461. The number of unbranched alkanes of at least 4 members (excludes halogenated alkanes) is 3. The van der Waals surface area contributed by atoms with Gasteiger partial charge in [-0.3, -0.25) is 0 Å². The molecule has 2 rings (SSSR count). The molecule has 0 aliphatic rings. The summed E-state index contributed by atoms with van der Waals surface area (Å²) in [6.07, 6.45) is 6.47. The molecular weight excluding hydrogens is 228 g/mol. The second kappa shape index (κ2) is 6.35. The molecule has 0 bridgehead atoms. The van der Waals surface area contributed by atoms with E-state index in [9.17, 15) is 0 Å². The molecule has 2 aromatic rings. The first kappa shape index (κ1) is 12.8. The van der Waals surface area contributed by atoms with Crippen LogP contribution in [0.2, 0.25) is 0 Å². The van der Waals surface area contributed by atoms with E-state index in [1.165, 1.54) is 19.3 Å². The number of aryl methyl sites for hydroxylation is 1. The van der Waals surface area contributed by atoms with Crippen LogP contribution in [0, 0.1) is 0 Å². The fourth-order valence-electron chi connectivity index (χ4n) is 2.01. The molecule has 0 aliphatic heterocycles. The van der Waals surface area contributed by atoms with Crippen molar-refractivity contribution in [3.8, 4) is 11.5 Å². The highest BCUT2D eigenvalue weighted by Gasteiger charge is 2.15. The van der Waals surface area contributed by atoms with E-state index < -0.39 is 0 Å². The van der Waals surface area contributed by atoms with Gasteiger partial charge in [0.2, 0.25) is 0 Å². The molecule has 5 heteroatoms. The monoisotopic (exact) mass is 248 g/mol. The number of furan rings is 1. The average Bonchev–Trinajstić information content (AvgIpc) is 3.02. The summed E-state index contributed by atoms with van der Waals surface area (Å²) in [4.78, 5) is 0. The normalized spacial score (nSPS) is 11.0. The van der Waals surface area contributed by atoms with Crippen LogP contribution in [0.1, 0.15) is 38.3 Å². The van der Waals surface area contributed by atoms with Crippen LogP contribution in [0.3, 0.4) is 0 Å². The summed E-state index contributed by atoms with van der Waals surface area (Å²) in [6, 6.07) is 3.78. The first-order valence-electron chi connectivity index (χ1n) is 6.53. The minimum atomic E-state index is 0.380. The molecule has 2 heterocycles. The van der Waals surface area contributed by atoms with Crippen molar-refractivity contribution in [1.82, 2.24) is 15.0 Å². The molecule has 0 aliphatic carbocycles. The van der Waals surface area contributed by atoms with Crippen molar-refractivity contribution in [2.75, 3.05) is 0 Å². The van der Waals surface area contributed by atoms with Crippen LogP contribution in [0.4, 0.5) is 0 Å². The van der Waals surface area contributed by atoms with Crippen LogP contribution in [0.5, 0.6) is 0 Å². The van der Waals surface area contributed by atoms with Gasteiger partial charge in [0.1, 0.15) is 11.4 Å². The smallest absolute Gasteiger partial charge is 0.153 e. The summed E-state index contributed by atoms with van der Waals surface area (Å²) >= 11 is 0. The van der Waals surface area contributed by atoms with Crippen molar-refractivity contribution < 1.29 is 4.42 Å². The van der Waals surface area contributed by atoms with E-state index in [0.717, 1.165) is 30.1 Å². The van der Waals surface area contributed by atoms with Crippen molar-refractivity contribution in [2.24, 2.45) is 5.73 Å². The lowest BCUT2D eigenvalue weighted by molar-refractivity contribution is 0.518. The van der Waals surface area contributed by atoms with E-state index >= 15 is 0 Å². The average molecular weight is 248 g/mol. The van der Waals surface area contributed by atoms with E-state index in [1.54, 1.807) is 6.26 Å². The van der Waals surface area contributed by atoms with E-state index in [0.29, 0.717) is 6.54 Å². The zero-order valence-corrected chi connectivity index (χ0v) is 10.8. The van der Waals surface area contributed by atoms with Crippen molar-refractivity contribution in [3.63, 3.8) is 0 Å². The molecular formula is C13H20N4O. The molecule has 0 atom stereocenters. The standard InChI is InChI=1S/C13H20N4O/c1-2-3-4-5-8-17-13(11(10-14)15-16-17)12-7-6-9-18-12/h6-7,9H,2-5,8,10,14H2,1H3. The maximum Gasteiger partial charge on any atom is 0.153 e. The Labute approximate surface area is 107 Å². The highest BCUT2D eigenvalue weighted by Crippen LogP contribution is 2.22. The van der Waals surface area contributed by atoms with Crippen molar-refractivity contribution in [3.05, 3.63) is 24.1 Å². The van der Waals surface area contributed by atoms with Crippen LogP contribution in [-0.4, -0.2) is 15.0 Å². The highest BCUT2D eigenvalue weighted by atomic mass is 16.3. The summed E-state index contributed by atoms with van der Waals surface area (Å²) in [6.45, 7) is 3.45. The molecule has 98 valence electrons. The zero-order chi connectivity index (χ0) is 12.8. The van der Waals surface area contributed by atoms with Crippen LogP contribution < -0.4 is 5.73 Å². The predicted molar refractivity (Wildman–Crippen MR) is 69.8 cm³/mol. The largest absolute Gasteiger partial charge is 0.463 e. The first-order valence-corrected chi connectivity index (χ1v) is 6.53. The number of nitrogens with zero attached hydrogens (tertiary/aromatic N) is 3. The first-order chi connectivity index (χ1) is 8.86. The number of hydrogen-bond donors (Lipinski definition) is 1. The third-order valence-corrected chi connectivity index (χ3v) is 2.98. The second-order valence-electron chi connectivity index (χ2n) is 4.35. The van der Waals surface area contributed by atoms with E-state index in [1.807, 2.05) is 16.8 Å². The zero-order valence-electron chi connectivity index (χ0n) is 10.8. The van der Waals surface area contributed by atoms with Gasteiger partial charge < -0.3 is 10.2 Å². The third-order valence-electron chi connectivity index (χ3n) is 2.98. The van der Waals surface area contributed by atoms with E-state index in [-0.39, 0.29) is 0 Å². The maximum absolute atomic E-state index is 5.69. The minimum absolute atomic E-state index is 0.380. The van der Waals surface area contributed by atoms with E-state index in [4.69, 9.17) is 10.2 Å². The molecule has 18 heavy (non-hydrogen) atoms. The summed E-state index contributed by atoms with van der Waals surface area (Å²) < 4.78 is 7.33. The van der Waals surface area contributed by atoms with Gasteiger partial charge in [0.25, 0.3) is 0 Å². The molecule has 0 amide bonds. The van der Waals surface area contributed by atoms with Crippen LogP contribution in [0.25, 0.3) is 11.5 Å². The SMILES string of the molecule is CCCCCCn1nnc(CN)c1-c1ccco1. The fourth-order valence-corrected chi connectivity index (χ4v) is 2.01. The topological polar surface area (TPSA) is 69.9 Å². The second-order valence-corrected chi connectivity index (χ2v) is 4.35. The van der Waals surface area contributed by atoms with Gasteiger partial charge in [0.15, 0.2) is 5.76 Å². The Morgan fingerprint density at radius 1 is 1.33 bits per heavy atom. The van der Waals surface area contributed by atoms with Crippen LogP contribution in [0.15, 0.2) is 22.8 Å². The molecule has 0 fully saturated rings. The lowest BCUT2D eigenvalue weighted by Crippen LogP contribution is -2.04. The summed E-state index contributed by atoms with van der Waals surface area (Å²) in [5.74, 6) is 0.788. The lowest BCUT2D eigenvalue weighted by atomic mass is 10.2. The van der Waals surface area contributed by atoms with Crippen molar-refractivity contribution in [1.29, 1.82) is 0 Å². The summed E-state index contributed by atoms with van der Waals surface area (Å²) in [5.41, 5.74) is 7.40. The molecule has 0 unspecified atom stereocenters. The maximum atomic E-state index is 5.69. The Balaban J connectivity index is 2.13. The molecule has 0 saturated heterocycles. The molecule has 0 saturated carbocycles. The molecule has 0 aromatic carbocycles. The van der Waals surface area contributed by atoms with Crippen LogP contribution >= 0.6 is 0 Å². The quantitative estimate of drug-likeness (QED) is 0.764. The summed E-state index contributed by atoms with van der Waals surface area (Å²) in [5, 5.41) is 8.28. The fraction of sp³-hybridized carbons (Fsp3) is 0.538. The van der Waals surface area contributed by atoms with Gasteiger partial charge >= 0.3 is 0 Å². The molecule has 2 N–H and O–H groups in total. The Hall–Kier alpha value is -1.62. The number of aromatic nitrogens is 3. The van der Waals surface area contributed by atoms with Gasteiger partial charge in [-0.25, -0.2) is 4.68 Å².